The molecule has 64 valence electrons. The number of nitrogens with two attached hydrogens (primary N) is 1. The molecule has 0 bridgehead atoms. The first-order valence-corrected chi connectivity index (χ1v) is 4.59. The molecule has 1 aliphatic carbocycles. The Morgan fingerprint density at radius 2 is 2.50 bits per heavy atom. The van der Waals surface area contributed by atoms with Crippen molar-refractivity contribution in [3.8, 4) is 0 Å². The van der Waals surface area contributed by atoms with Crippen LogP contribution in [0, 0.1) is 0 Å². The average Bonchev–Trinajstić information content (AvgIpc) is 2.72. The van der Waals surface area contributed by atoms with Gasteiger partial charge in [-0.15, -0.1) is 0 Å². The minimum atomic E-state index is -0.0494. The van der Waals surface area contributed by atoms with Gasteiger partial charge < -0.3 is 11.1 Å². The van der Waals surface area contributed by atoms with Crippen molar-refractivity contribution in [2.75, 3.05) is 5.73 Å². The molecule has 0 spiro atoms. The van der Waals surface area contributed by atoms with Gasteiger partial charge in [0.1, 0.15) is 4.88 Å². The van der Waals surface area contributed by atoms with Gasteiger partial charge in [0.15, 0.2) is 5.13 Å². The van der Waals surface area contributed by atoms with Crippen molar-refractivity contribution >= 4 is 22.4 Å². The molecule has 1 heterocycles. The van der Waals surface area contributed by atoms with Crippen LogP contribution < -0.4 is 11.1 Å². The van der Waals surface area contributed by atoms with Gasteiger partial charge >= 0.3 is 0 Å². The number of nitrogen functional groups attached to an aromatic ring is 1. The highest BCUT2D eigenvalue weighted by Gasteiger charge is 2.24. The van der Waals surface area contributed by atoms with E-state index in [9.17, 15) is 4.79 Å². The lowest BCUT2D eigenvalue weighted by molar-refractivity contribution is 0.0955. The Bertz CT molecular complexity index is 305. The molecule has 1 fully saturated rings. The summed E-state index contributed by atoms with van der Waals surface area (Å²) in [6, 6.07) is 0.390. The van der Waals surface area contributed by atoms with Crippen molar-refractivity contribution in [3.05, 3.63) is 11.1 Å². The number of thiazole rings is 1. The number of hydrogen-bond donors (Lipinski definition) is 2. The highest BCUT2D eigenvalue weighted by Crippen LogP contribution is 2.21. The van der Waals surface area contributed by atoms with Crippen molar-refractivity contribution in [2.24, 2.45) is 0 Å². The van der Waals surface area contributed by atoms with Crippen molar-refractivity contribution in [2.45, 2.75) is 18.9 Å². The predicted molar refractivity (Wildman–Crippen MR) is 47.0 cm³/mol. The topological polar surface area (TPSA) is 68.0 Å². The zero-order chi connectivity index (χ0) is 8.55. The molecule has 12 heavy (non-hydrogen) atoms. The van der Waals surface area contributed by atoms with Crippen LogP contribution in [0.4, 0.5) is 5.13 Å². The third-order valence-corrected chi connectivity index (χ3v) is 2.49. The molecule has 4 nitrogen and oxygen atoms in total. The summed E-state index contributed by atoms with van der Waals surface area (Å²) >= 11 is 1.22. The van der Waals surface area contributed by atoms with E-state index < -0.39 is 0 Å². The Balaban J connectivity index is 2.03. The minimum Gasteiger partial charge on any atom is -0.375 e. The quantitative estimate of drug-likeness (QED) is 0.706. The molecular weight excluding hydrogens is 174 g/mol. The number of amides is 1. The Morgan fingerprint density at radius 3 is 3.00 bits per heavy atom. The fraction of sp³-hybridized carbons (Fsp3) is 0.429. The zero-order valence-corrected chi connectivity index (χ0v) is 7.23. The summed E-state index contributed by atoms with van der Waals surface area (Å²) in [4.78, 5) is 15.7. The lowest BCUT2D eigenvalue weighted by Crippen LogP contribution is -2.24. The van der Waals surface area contributed by atoms with Gasteiger partial charge in [-0.05, 0) is 12.8 Å². The lowest BCUT2D eigenvalue weighted by Gasteiger charge is -1.97. The highest BCUT2D eigenvalue weighted by molar-refractivity contribution is 7.17. The Kier molecular flexibility index (Phi) is 1.73. The highest BCUT2D eigenvalue weighted by atomic mass is 32.1. The molecule has 0 aromatic carbocycles. The molecule has 1 aromatic rings. The van der Waals surface area contributed by atoms with Gasteiger partial charge in [-0.2, -0.15) is 0 Å². The molecule has 0 saturated heterocycles. The van der Waals surface area contributed by atoms with Crippen LogP contribution in [0.15, 0.2) is 6.20 Å². The molecule has 1 saturated carbocycles. The van der Waals surface area contributed by atoms with Gasteiger partial charge in [0.2, 0.25) is 0 Å². The minimum absolute atomic E-state index is 0.0494. The van der Waals surface area contributed by atoms with Gasteiger partial charge in [-0.25, -0.2) is 4.98 Å². The lowest BCUT2D eigenvalue weighted by atomic mass is 10.5. The maximum Gasteiger partial charge on any atom is 0.263 e. The molecular formula is C7H9N3OS. The molecule has 0 aliphatic heterocycles. The summed E-state index contributed by atoms with van der Waals surface area (Å²) in [6.07, 6.45) is 3.71. The number of nitrogens with zero attached hydrogens (tertiary/aromatic N) is 1. The largest absolute Gasteiger partial charge is 0.375 e. The molecule has 2 rings (SSSR count). The van der Waals surface area contributed by atoms with Gasteiger partial charge in [-0.3, -0.25) is 4.79 Å². The third-order valence-electron chi connectivity index (χ3n) is 1.66. The van der Waals surface area contributed by atoms with E-state index in [0.717, 1.165) is 12.8 Å². The van der Waals surface area contributed by atoms with E-state index in [4.69, 9.17) is 5.73 Å². The maximum atomic E-state index is 11.3. The molecule has 0 atom stereocenters. The first kappa shape index (κ1) is 7.54. The Hall–Kier alpha value is -1.10. The molecule has 1 aliphatic rings. The van der Waals surface area contributed by atoms with Gasteiger partial charge in [0.05, 0.1) is 6.20 Å². The monoisotopic (exact) mass is 183 g/mol. The summed E-state index contributed by atoms with van der Waals surface area (Å²) in [5, 5.41) is 3.30. The van der Waals surface area contributed by atoms with Crippen LogP contribution >= 0.6 is 11.3 Å². The van der Waals surface area contributed by atoms with Crippen molar-refractivity contribution < 1.29 is 4.79 Å². The van der Waals surface area contributed by atoms with E-state index in [0.29, 0.717) is 16.1 Å². The second-order valence-corrected chi connectivity index (χ2v) is 3.87. The van der Waals surface area contributed by atoms with Crippen molar-refractivity contribution in [1.29, 1.82) is 0 Å². The smallest absolute Gasteiger partial charge is 0.263 e. The van der Waals surface area contributed by atoms with E-state index in [2.05, 4.69) is 10.3 Å². The molecule has 5 heteroatoms. The Labute approximate surface area is 73.8 Å². The van der Waals surface area contributed by atoms with E-state index >= 15 is 0 Å². The average molecular weight is 183 g/mol. The molecule has 3 N–H and O–H groups in total. The summed E-state index contributed by atoms with van der Waals surface area (Å²) < 4.78 is 0. The summed E-state index contributed by atoms with van der Waals surface area (Å²) in [6.45, 7) is 0. The van der Waals surface area contributed by atoms with Crippen molar-refractivity contribution in [1.82, 2.24) is 10.3 Å². The molecule has 0 radical (unpaired) electrons. The fourth-order valence-corrected chi connectivity index (χ4v) is 1.46. The number of anilines is 1. The van der Waals surface area contributed by atoms with Crippen LogP contribution in [0.3, 0.4) is 0 Å². The number of nitrogens with one attached hydrogen (secondary N) is 1. The summed E-state index contributed by atoms with van der Waals surface area (Å²) in [7, 11) is 0. The summed E-state index contributed by atoms with van der Waals surface area (Å²) in [5.41, 5.74) is 5.39. The normalized spacial score (nSPS) is 16.0. The Morgan fingerprint density at radius 1 is 1.75 bits per heavy atom. The van der Waals surface area contributed by atoms with Crippen LogP contribution in [0.5, 0.6) is 0 Å². The van der Waals surface area contributed by atoms with Gasteiger partial charge in [0, 0.05) is 6.04 Å². The van der Waals surface area contributed by atoms with E-state index in [-0.39, 0.29) is 5.91 Å². The van der Waals surface area contributed by atoms with Crippen molar-refractivity contribution in [3.63, 3.8) is 0 Å². The van der Waals surface area contributed by atoms with Crippen LogP contribution in [-0.2, 0) is 0 Å². The SMILES string of the molecule is Nc1ncc(C(=O)NC2CC2)s1. The first-order valence-electron chi connectivity index (χ1n) is 3.78. The maximum absolute atomic E-state index is 11.3. The number of carbonyl (C=O) groups excluding carboxylic acids is 1. The number of carbonyl (C=O) groups is 1. The van der Waals surface area contributed by atoms with Gasteiger partial charge in [-0.1, -0.05) is 11.3 Å². The number of rotatable bonds is 2. The van der Waals surface area contributed by atoms with Crippen LogP contribution in [0.2, 0.25) is 0 Å². The van der Waals surface area contributed by atoms with Crippen LogP contribution in [0.25, 0.3) is 0 Å². The fourth-order valence-electron chi connectivity index (χ4n) is 0.877. The number of aromatic nitrogens is 1. The number of hydrogen-bond acceptors (Lipinski definition) is 4. The predicted octanol–water partition coefficient (Wildman–Crippen LogP) is 0.618. The van der Waals surface area contributed by atoms with Crippen LogP contribution in [-0.4, -0.2) is 16.9 Å². The molecule has 0 unspecified atom stereocenters. The van der Waals surface area contributed by atoms with E-state index in [1.165, 1.54) is 17.5 Å². The standard InChI is InChI=1S/C7H9N3OS/c8-7-9-3-5(12-7)6(11)10-4-1-2-4/h3-4H,1-2H2,(H2,8,9)(H,10,11). The van der Waals surface area contributed by atoms with E-state index in [1.807, 2.05) is 0 Å². The zero-order valence-electron chi connectivity index (χ0n) is 6.41. The summed E-state index contributed by atoms with van der Waals surface area (Å²) in [5.74, 6) is -0.0494. The molecule has 1 aromatic heterocycles. The second-order valence-electron chi connectivity index (χ2n) is 2.81. The molecule has 1 amide bonds. The second kappa shape index (κ2) is 2.75. The van der Waals surface area contributed by atoms with Crippen LogP contribution in [0.1, 0.15) is 22.5 Å². The first-order chi connectivity index (χ1) is 5.75. The van der Waals surface area contributed by atoms with E-state index in [1.54, 1.807) is 0 Å². The third kappa shape index (κ3) is 1.55. The van der Waals surface area contributed by atoms with Gasteiger partial charge in [0.25, 0.3) is 5.91 Å².